The van der Waals surface area contributed by atoms with Crippen molar-refractivity contribution in [2.75, 3.05) is 6.54 Å². The molecule has 26 heavy (non-hydrogen) atoms. The minimum Gasteiger partial charge on any atom is -0.340 e. The number of likely N-dealkylation sites (tertiary alicyclic amines) is 1. The van der Waals surface area contributed by atoms with E-state index in [0.717, 1.165) is 29.4 Å². The fourth-order valence-electron chi connectivity index (χ4n) is 3.15. The van der Waals surface area contributed by atoms with Crippen molar-refractivity contribution in [2.24, 2.45) is 0 Å². The normalized spacial score (nSPS) is 17.7. The molecule has 1 unspecified atom stereocenters. The Balaban J connectivity index is 1.68. The van der Waals surface area contributed by atoms with Crippen LogP contribution >= 0.6 is 15.9 Å². The van der Waals surface area contributed by atoms with Gasteiger partial charge in [-0.1, -0.05) is 45.8 Å². The molecule has 4 nitrogen and oxygen atoms in total. The highest BCUT2D eigenvalue weighted by Crippen LogP contribution is 2.17. The summed E-state index contributed by atoms with van der Waals surface area (Å²) in [4.78, 5) is 27.3. The van der Waals surface area contributed by atoms with Crippen LogP contribution in [0.4, 0.5) is 0 Å². The number of halogens is 1. The quantitative estimate of drug-likeness (QED) is 0.819. The molecule has 1 atom stereocenters. The van der Waals surface area contributed by atoms with Crippen LogP contribution in [0.1, 0.15) is 40.7 Å². The van der Waals surface area contributed by atoms with Crippen molar-refractivity contribution in [2.45, 2.75) is 38.8 Å². The standard InChI is InChI=1S/C21H23BrN2O2/c1-15-5-7-16(8-6-15)14-24-13-3-2-4-19(21(24)26)23-20(25)17-9-11-18(22)12-10-17/h5-12,19H,2-4,13-14H2,1H3,(H,23,25). The monoisotopic (exact) mass is 414 g/mol. The number of benzene rings is 2. The molecule has 2 aromatic carbocycles. The molecule has 3 rings (SSSR count). The van der Waals surface area contributed by atoms with Crippen LogP contribution in [0.2, 0.25) is 0 Å². The molecular weight excluding hydrogens is 392 g/mol. The molecule has 1 N–H and O–H groups in total. The zero-order valence-corrected chi connectivity index (χ0v) is 16.5. The second-order valence-electron chi connectivity index (χ2n) is 6.77. The van der Waals surface area contributed by atoms with E-state index in [0.29, 0.717) is 18.5 Å². The van der Waals surface area contributed by atoms with Crippen LogP contribution in [0.5, 0.6) is 0 Å². The van der Waals surface area contributed by atoms with Crippen molar-refractivity contribution in [3.05, 3.63) is 69.7 Å². The van der Waals surface area contributed by atoms with Crippen molar-refractivity contribution in [3.63, 3.8) is 0 Å². The fourth-order valence-corrected chi connectivity index (χ4v) is 3.42. The Morgan fingerprint density at radius 2 is 1.81 bits per heavy atom. The van der Waals surface area contributed by atoms with Crippen molar-refractivity contribution in [3.8, 4) is 0 Å². The van der Waals surface area contributed by atoms with E-state index < -0.39 is 6.04 Å². The molecule has 136 valence electrons. The van der Waals surface area contributed by atoms with Crippen molar-refractivity contribution >= 4 is 27.7 Å². The van der Waals surface area contributed by atoms with Gasteiger partial charge in [0.05, 0.1) is 0 Å². The summed E-state index contributed by atoms with van der Waals surface area (Å²) in [6.45, 7) is 3.37. The fraction of sp³-hybridized carbons (Fsp3) is 0.333. The molecule has 1 fully saturated rings. The largest absolute Gasteiger partial charge is 0.340 e. The smallest absolute Gasteiger partial charge is 0.251 e. The zero-order valence-electron chi connectivity index (χ0n) is 14.9. The average molecular weight is 415 g/mol. The summed E-state index contributed by atoms with van der Waals surface area (Å²) < 4.78 is 0.920. The maximum atomic E-state index is 12.9. The van der Waals surface area contributed by atoms with E-state index in [1.165, 1.54) is 5.56 Å². The SMILES string of the molecule is Cc1ccc(CN2CCCCC(NC(=O)c3ccc(Br)cc3)C2=O)cc1. The van der Waals surface area contributed by atoms with Gasteiger partial charge in [0.25, 0.3) is 5.91 Å². The second kappa shape index (κ2) is 8.49. The maximum Gasteiger partial charge on any atom is 0.251 e. The number of carbonyl (C=O) groups excluding carboxylic acids is 2. The molecule has 0 radical (unpaired) electrons. The second-order valence-corrected chi connectivity index (χ2v) is 7.69. The molecule has 5 heteroatoms. The van der Waals surface area contributed by atoms with Crippen LogP contribution < -0.4 is 5.32 Å². The molecule has 0 aromatic heterocycles. The number of rotatable bonds is 4. The molecule has 1 aliphatic rings. The van der Waals surface area contributed by atoms with E-state index in [-0.39, 0.29) is 11.8 Å². The third kappa shape index (κ3) is 4.73. The molecule has 0 spiro atoms. The van der Waals surface area contributed by atoms with Crippen molar-refractivity contribution in [1.82, 2.24) is 10.2 Å². The Bertz CT molecular complexity index is 772. The number of nitrogens with zero attached hydrogens (tertiary/aromatic N) is 1. The number of aryl methyl sites for hydroxylation is 1. The van der Waals surface area contributed by atoms with Gasteiger partial charge < -0.3 is 10.2 Å². The molecule has 1 aliphatic heterocycles. The average Bonchev–Trinajstić information content (AvgIpc) is 2.80. The highest BCUT2D eigenvalue weighted by atomic mass is 79.9. The molecule has 0 bridgehead atoms. The van der Waals surface area contributed by atoms with Gasteiger partial charge in [-0.2, -0.15) is 0 Å². The summed E-state index contributed by atoms with van der Waals surface area (Å²) in [5.74, 6) is -0.193. The first kappa shape index (κ1) is 18.6. The minimum absolute atomic E-state index is 0.00790. The lowest BCUT2D eigenvalue weighted by molar-refractivity contribution is -0.133. The van der Waals surface area contributed by atoms with E-state index in [1.807, 2.05) is 17.0 Å². The third-order valence-electron chi connectivity index (χ3n) is 4.69. The zero-order chi connectivity index (χ0) is 18.5. The first-order valence-corrected chi connectivity index (χ1v) is 9.73. The first-order valence-electron chi connectivity index (χ1n) is 8.94. The number of amides is 2. The first-order chi connectivity index (χ1) is 12.5. The lowest BCUT2D eigenvalue weighted by Crippen LogP contribution is -2.47. The van der Waals surface area contributed by atoms with Gasteiger partial charge in [-0.25, -0.2) is 0 Å². The van der Waals surface area contributed by atoms with E-state index in [1.54, 1.807) is 12.1 Å². The van der Waals surface area contributed by atoms with E-state index in [2.05, 4.69) is 52.4 Å². The van der Waals surface area contributed by atoms with Crippen LogP contribution in [0.3, 0.4) is 0 Å². The predicted octanol–water partition coefficient (Wildman–Crippen LogP) is 4.07. The van der Waals surface area contributed by atoms with Gasteiger partial charge in [-0.05, 0) is 56.0 Å². The number of nitrogens with one attached hydrogen (secondary N) is 1. The van der Waals surface area contributed by atoms with Crippen LogP contribution in [0, 0.1) is 6.92 Å². The van der Waals surface area contributed by atoms with Gasteiger partial charge in [0.2, 0.25) is 5.91 Å². The van der Waals surface area contributed by atoms with Crippen LogP contribution in [0.25, 0.3) is 0 Å². The van der Waals surface area contributed by atoms with E-state index >= 15 is 0 Å². The van der Waals surface area contributed by atoms with Crippen molar-refractivity contribution in [1.29, 1.82) is 0 Å². The van der Waals surface area contributed by atoms with Crippen LogP contribution in [-0.4, -0.2) is 29.3 Å². The van der Waals surface area contributed by atoms with Gasteiger partial charge in [-0.15, -0.1) is 0 Å². The van der Waals surface area contributed by atoms with Crippen LogP contribution in [-0.2, 0) is 11.3 Å². The Kier molecular flexibility index (Phi) is 6.09. The molecule has 0 saturated carbocycles. The Labute approximate surface area is 162 Å². The molecule has 0 aliphatic carbocycles. The third-order valence-corrected chi connectivity index (χ3v) is 5.22. The lowest BCUT2D eigenvalue weighted by atomic mass is 10.1. The summed E-state index contributed by atoms with van der Waals surface area (Å²) in [6, 6.07) is 14.9. The number of hydrogen-bond acceptors (Lipinski definition) is 2. The Hall–Kier alpha value is -2.14. The topological polar surface area (TPSA) is 49.4 Å². The van der Waals surface area contributed by atoms with Gasteiger partial charge in [0, 0.05) is 23.1 Å². The molecule has 2 aromatic rings. The summed E-state index contributed by atoms with van der Waals surface area (Å²) >= 11 is 3.36. The van der Waals surface area contributed by atoms with Gasteiger partial charge in [0.1, 0.15) is 6.04 Å². The molecule has 2 amide bonds. The minimum atomic E-state index is -0.459. The van der Waals surface area contributed by atoms with Crippen LogP contribution in [0.15, 0.2) is 53.0 Å². The summed E-state index contributed by atoms with van der Waals surface area (Å²) in [6.07, 6.45) is 2.58. The van der Waals surface area contributed by atoms with E-state index in [9.17, 15) is 9.59 Å². The highest BCUT2D eigenvalue weighted by molar-refractivity contribution is 9.10. The van der Waals surface area contributed by atoms with Crippen molar-refractivity contribution < 1.29 is 9.59 Å². The predicted molar refractivity (Wildman–Crippen MR) is 106 cm³/mol. The lowest BCUT2D eigenvalue weighted by Gasteiger charge is -2.25. The van der Waals surface area contributed by atoms with Gasteiger partial charge in [-0.3, -0.25) is 9.59 Å². The highest BCUT2D eigenvalue weighted by Gasteiger charge is 2.28. The number of carbonyl (C=O) groups is 2. The Morgan fingerprint density at radius 1 is 1.12 bits per heavy atom. The number of hydrogen-bond donors (Lipinski definition) is 1. The molecule has 1 saturated heterocycles. The maximum absolute atomic E-state index is 12.9. The van der Waals surface area contributed by atoms with E-state index in [4.69, 9.17) is 0 Å². The van der Waals surface area contributed by atoms with Gasteiger partial charge in [0.15, 0.2) is 0 Å². The summed E-state index contributed by atoms with van der Waals surface area (Å²) in [5, 5.41) is 2.92. The Morgan fingerprint density at radius 3 is 2.50 bits per heavy atom. The molecular formula is C21H23BrN2O2. The summed E-state index contributed by atoms with van der Waals surface area (Å²) in [5.41, 5.74) is 2.88. The van der Waals surface area contributed by atoms with Gasteiger partial charge >= 0.3 is 0 Å². The molecule has 1 heterocycles. The summed E-state index contributed by atoms with van der Waals surface area (Å²) in [7, 11) is 0.